The molecule has 5 nitrogen and oxygen atoms in total. The molecule has 0 aliphatic carbocycles. The molecule has 20 heavy (non-hydrogen) atoms. The fourth-order valence-electron chi connectivity index (χ4n) is 2.79. The fourth-order valence-corrected chi connectivity index (χ4v) is 2.79. The molecule has 104 valence electrons. The number of carbonyl (C=O) groups is 2. The van der Waals surface area contributed by atoms with E-state index in [0.717, 1.165) is 10.9 Å². The van der Waals surface area contributed by atoms with E-state index in [0.29, 0.717) is 25.1 Å². The van der Waals surface area contributed by atoms with Gasteiger partial charge in [0.05, 0.1) is 0 Å². The minimum absolute atomic E-state index is 0.0617. The molecule has 1 aliphatic rings. The molecule has 0 bridgehead atoms. The molecule has 1 aromatic heterocycles. The average molecular weight is 271 g/mol. The van der Waals surface area contributed by atoms with Crippen LogP contribution in [-0.4, -0.2) is 40.8 Å². The molecule has 5 heteroatoms. The summed E-state index contributed by atoms with van der Waals surface area (Å²) in [6.07, 6.45) is 2.45. The molecule has 2 amide bonds. The number of piperazine rings is 1. The van der Waals surface area contributed by atoms with Crippen LogP contribution in [-0.2, 0) is 4.79 Å². The molecule has 1 fully saturated rings. The van der Waals surface area contributed by atoms with Crippen molar-refractivity contribution < 1.29 is 9.59 Å². The van der Waals surface area contributed by atoms with Crippen LogP contribution in [0, 0.1) is 0 Å². The second-order valence-corrected chi connectivity index (χ2v) is 4.96. The van der Waals surface area contributed by atoms with E-state index < -0.39 is 0 Å². The summed E-state index contributed by atoms with van der Waals surface area (Å²) in [5.74, 6) is -0.134. The number of aromatic nitrogens is 1. The molecule has 1 saturated heterocycles. The van der Waals surface area contributed by atoms with E-state index in [-0.39, 0.29) is 17.9 Å². The van der Waals surface area contributed by atoms with E-state index in [9.17, 15) is 9.59 Å². The third-order valence-corrected chi connectivity index (χ3v) is 3.80. The standard InChI is InChI=1S/C15H17N3O2/c1-2-13-14(19)17-8-9-18(13)15(20)11-4-3-5-12-10(11)6-7-16-12/h3-7,13,16H,2,8-9H2,1H3,(H,17,19). The van der Waals surface area contributed by atoms with Gasteiger partial charge in [-0.05, 0) is 24.6 Å². The Balaban J connectivity index is 1.99. The number of amides is 2. The van der Waals surface area contributed by atoms with Crippen LogP contribution in [0.3, 0.4) is 0 Å². The molecule has 1 unspecified atom stereocenters. The van der Waals surface area contributed by atoms with Gasteiger partial charge in [0.15, 0.2) is 0 Å². The summed E-state index contributed by atoms with van der Waals surface area (Å²) in [5.41, 5.74) is 1.59. The van der Waals surface area contributed by atoms with Crippen molar-refractivity contribution in [3.05, 3.63) is 36.0 Å². The largest absolute Gasteiger partial charge is 0.361 e. The Kier molecular flexibility index (Phi) is 3.18. The highest BCUT2D eigenvalue weighted by atomic mass is 16.2. The van der Waals surface area contributed by atoms with Crippen molar-refractivity contribution in [1.82, 2.24) is 15.2 Å². The lowest BCUT2D eigenvalue weighted by Crippen LogP contribution is -2.56. The van der Waals surface area contributed by atoms with Gasteiger partial charge in [-0.25, -0.2) is 0 Å². The zero-order valence-electron chi connectivity index (χ0n) is 11.3. The highest BCUT2D eigenvalue weighted by molar-refractivity contribution is 6.07. The first-order valence-corrected chi connectivity index (χ1v) is 6.87. The average Bonchev–Trinajstić information content (AvgIpc) is 2.94. The number of carbonyl (C=O) groups excluding carboxylic acids is 2. The second-order valence-electron chi connectivity index (χ2n) is 4.96. The predicted octanol–water partition coefficient (Wildman–Crippen LogP) is 1.52. The van der Waals surface area contributed by atoms with Crippen molar-refractivity contribution >= 4 is 22.7 Å². The highest BCUT2D eigenvalue weighted by Gasteiger charge is 2.32. The Morgan fingerprint density at radius 1 is 1.40 bits per heavy atom. The van der Waals surface area contributed by atoms with Gasteiger partial charge in [-0.1, -0.05) is 13.0 Å². The topological polar surface area (TPSA) is 65.2 Å². The molecule has 1 aliphatic heterocycles. The van der Waals surface area contributed by atoms with Gasteiger partial charge in [-0.3, -0.25) is 9.59 Å². The minimum Gasteiger partial charge on any atom is -0.361 e. The van der Waals surface area contributed by atoms with Crippen molar-refractivity contribution in [1.29, 1.82) is 0 Å². The lowest BCUT2D eigenvalue weighted by Gasteiger charge is -2.34. The zero-order chi connectivity index (χ0) is 14.1. The van der Waals surface area contributed by atoms with Crippen molar-refractivity contribution in [2.24, 2.45) is 0 Å². The van der Waals surface area contributed by atoms with Gasteiger partial charge >= 0.3 is 0 Å². The van der Waals surface area contributed by atoms with Crippen LogP contribution < -0.4 is 5.32 Å². The Bertz CT molecular complexity index is 662. The monoisotopic (exact) mass is 271 g/mol. The third-order valence-electron chi connectivity index (χ3n) is 3.80. The first-order valence-electron chi connectivity index (χ1n) is 6.87. The first kappa shape index (κ1) is 12.7. The summed E-state index contributed by atoms with van der Waals surface area (Å²) in [5, 5.41) is 3.71. The molecule has 2 N–H and O–H groups in total. The van der Waals surface area contributed by atoms with Crippen molar-refractivity contribution in [2.45, 2.75) is 19.4 Å². The van der Waals surface area contributed by atoms with Gasteiger partial charge in [-0.2, -0.15) is 0 Å². The summed E-state index contributed by atoms with van der Waals surface area (Å²) in [6, 6.07) is 7.14. The molecular formula is C15H17N3O2. The Morgan fingerprint density at radius 3 is 3.05 bits per heavy atom. The maximum atomic E-state index is 12.8. The highest BCUT2D eigenvalue weighted by Crippen LogP contribution is 2.21. The first-order chi connectivity index (χ1) is 9.72. The van der Waals surface area contributed by atoms with Crippen LogP contribution in [0.15, 0.2) is 30.5 Å². The summed E-state index contributed by atoms with van der Waals surface area (Å²) >= 11 is 0. The Hall–Kier alpha value is -2.30. The van der Waals surface area contributed by atoms with Crippen molar-refractivity contribution in [3.8, 4) is 0 Å². The van der Waals surface area contributed by atoms with E-state index in [1.807, 2.05) is 37.4 Å². The number of nitrogens with one attached hydrogen (secondary N) is 2. The molecule has 1 atom stereocenters. The second kappa shape index (κ2) is 5.00. The van der Waals surface area contributed by atoms with Crippen molar-refractivity contribution in [2.75, 3.05) is 13.1 Å². The molecule has 0 radical (unpaired) electrons. The molecule has 2 heterocycles. The third kappa shape index (κ3) is 1.95. The normalized spacial score (nSPS) is 19.1. The number of benzene rings is 1. The summed E-state index contributed by atoms with van der Waals surface area (Å²) < 4.78 is 0. The number of aromatic amines is 1. The minimum atomic E-state index is -0.370. The summed E-state index contributed by atoms with van der Waals surface area (Å²) in [6.45, 7) is 3.00. The van der Waals surface area contributed by atoms with Gasteiger partial charge < -0.3 is 15.2 Å². The SMILES string of the molecule is CCC1C(=O)NCCN1C(=O)c1cccc2[nH]ccc12. The predicted molar refractivity (Wildman–Crippen MR) is 76.4 cm³/mol. The van der Waals surface area contributed by atoms with Crippen LogP contribution >= 0.6 is 0 Å². The molecule has 0 spiro atoms. The number of hydrogen-bond acceptors (Lipinski definition) is 2. The van der Waals surface area contributed by atoms with Crippen LogP contribution in [0.4, 0.5) is 0 Å². The maximum absolute atomic E-state index is 12.8. The van der Waals surface area contributed by atoms with E-state index >= 15 is 0 Å². The van der Waals surface area contributed by atoms with Crippen LogP contribution in [0.2, 0.25) is 0 Å². The smallest absolute Gasteiger partial charge is 0.255 e. The maximum Gasteiger partial charge on any atom is 0.255 e. The van der Waals surface area contributed by atoms with Crippen LogP contribution in [0.1, 0.15) is 23.7 Å². The molecule has 2 aromatic rings. The van der Waals surface area contributed by atoms with Gasteiger partial charge in [-0.15, -0.1) is 0 Å². The van der Waals surface area contributed by atoms with E-state index in [1.165, 1.54) is 0 Å². The fraction of sp³-hybridized carbons (Fsp3) is 0.333. The van der Waals surface area contributed by atoms with Gasteiger partial charge in [0, 0.05) is 35.8 Å². The molecular weight excluding hydrogens is 254 g/mol. The Labute approximate surface area is 117 Å². The number of fused-ring (bicyclic) bond motifs is 1. The lowest BCUT2D eigenvalue weighted by atomic mass is 10.0. The summed E-state index contributed by atoms with van der Waals surface area (Å²) in [7, 11) is 0. The number of hydrogen-bond donors (Lipinski definition) is 2. The quantitative estimate of drug-likeness (QED) is 0.869. The zero-order valence-corrected chi connectivity index (χ0v) is 11.3. The molecule has 0 saturated carbocycles. The van der Waals surface area contributed by atoms with Crippen LogP contribution in [0.5, 0.6) is 0 Å². The molecule has 3 rings (SSSR count). The lowest BCUT2D eigenvalue weighted by molar-refractivity contribution is -0.127. The van der Waals surface area contributed by atoms with Gasteiger partial charge in [0.25, 0.3) is 5.91 Å². The van der Waals surface area contributed by atoms with Gasteiger partial charge in [0.1, 0.15) is 6.04 Å². The van der Waals surface area contributed by atoms with Crippen LogP contribution in [0.25, 0.3) is 10.9 Å². The summed E-state index contributed by atoms with van der Waals surface area (Å²) in [4.78, 5) is 29.4. The molecule has 1 aromatic carbocycles. The number of nitrogens with zero attached hydrogens (tertiary/aromatic N) is 1. The van der Waals surface area contributed by atoms with E-state index in [1.54, 1.807) is 4.90 Å². The number of rotatable bonds is 2. The van der Waals surface area contributed by atoms with Gasteiger partial charge in [0.2, 0.25) is 5.91 Å². The van der Waals surface area contributed by atoms with E-state index in [2.05, 4.69) is 10.3 Å². The Morgan fingerprint density at radius 2 is 2.25 bits per heavy atom. The van der Waals surface area contributed by atoms with E-state index in [4.69, 9.17) is 0 Å². The van der Waals surface area contributed by atoms with Crippen molar-refractivity contribution in [3.63, 3.8) is 0 Å². The number of H-pyrrole nitrogens is 1.